The first-order chi connectivity index (χ1) is 18.3. The van der Waals surface area contributed by atoms with Gasteiger partial charge in [0.15, 0.2) is 0 Å². The van der Waals surface area contributed by atoms with Gasteiger partial charge in [-0.05, 0) is 94.9 Å². The molecule has 3 atom stereocenters. The van der Waals surface area contributed by atoms with Crippen LogP contribution in [0.25, 0.3) is 0 Å². The van der Waals surface area contributed by atoms with Gasteiger partial charge in [0, 0.05) is 24.5 Å². The Bertz CT molecular complexity index is 1070. The fourth-order valence-corrected chi connectivity index (χ4v) is 6.69. The smallest absolute Gasteiger partial charge is 0.329 e. The van der Waals surface area contributed by atoms with E-state index in [1.807, 2.05) is 51.1 Å². The molecule has 1 aliphatic carbocycles. The first kappa shape index (κ1) is 26.7. The highest BCUT2D eigenvalue weighted by molar-refractivity contribution is 5.84. The zero-order chi connectivity index (χ0) is 26.7. The number of hydrogen-bond donors (Lipinski definition) is 2. The molecule has 6 nitrogen and oxygen atoms in total. The molecule has 0 radical (unpaired) electrons. The first-order valence-electron chi connectivity index (χ1n) is 14.5. The van der Waals surface area contributed by atoms with E-state index in [4.69, 9.17) is 4.74 Å². The fourth-order valence-electron chi connectivity index (χ4n) is 6.69. The van der Waals surface area contributed by atoms with Crippen molar-refractivity contribution in [2.45, 2.75) is 102 Å². The van der Waals surface area contributed by atoms with E-state index >= 15 is 0 Å². The Hall–Kier alpha value is -2.86. The van der Waals surface area contributed by atoms with Crippen molar-refractivity contribution in [1.82, 2.24) is 15.5 Å². The molecule has 1 saturated heterocycles. The molecule has 5 rings (SSSR count). The maximum absolute atomic E-state index is 12.9. The summed E-state index contributed by atoms with van der Waals surface area (Å²) in [4.78, 5) is 28.5. The van der Waals surface area contributed by atoms with Crippen LogP contribution in [0, 0.1) is 5.92 Å². The molecule has 6 heteroatoms. The van der Waals surface area contributed by atoms with Crippen LogP contribution in [0.4, 0.5) is 4.79 Å². The number of ether oxygens (including phenoxy) is 1. The lowest BCUT2D eigenvalue weighted by Gasteiger charge is -2.31. The Morgan fingerprint density at radius 3 is 2.11 bits per heavy atom. The van der Waals surface area contributed by atoms with Crippen LogP contribution < -0.4 is 10.6 Å². The molecule has 0 aromatic heterocycles. The van der Waals surface area contributed by atoms with Crippen LogP contribution in [-0.4, -0.2) is 41.1 Å². The Morgan fingerprint density at radius 2 is 1.50 bits per heavy atom. The third-order valence-corrected chi connectivity index (χ3v) is 8.49. The molecule has 2 aromatic rings. The average Bonchev–Trinajstić information content (AvgIpc) is 3.44. The van der Waals surface area contributed by atoms with E-state index in [1.54, 1.807) is 11.1 Å². The number of carbonyl (C=O) groups is 2. The van der Waals surface area contributed by atoms with Crippen LogP contribution in [0.1, 0.15) is 94.5 Å². The molecule has 1 saturated carbocycles. The third-order valence-electron chi connectivity index (χ3n) is 8.49. The summed E-state index contributed by atoms with van der Waals surface area (Å²) in [6, 6.07) is 19.1. The number of urea groups is 1. The second-order valence-corrected chi connectivity index (χ2v) is 12.4. The van der Waals surface area contributed by atoms with Crippen molar-refractivity contribution in [3.8, 4) is 0 Å². The third kappa shape index (κ3) is 6.40. The van der Waals surface area contributed by atoms with E-state index in [0.717, 1.165) is 31.2 Å². The monoisotopic (exact) mass is 517 g/mol. The lowest BCUT2D eigenvalue weighted by molar-refractivity contribution is -0.157. The molecular weight excluding hydrogens is 474 g/mol. The van der Waals surface area contributed by atoms with Crippen molar-refractivity contribution < 1.29 is 14.3 Å². The van der Waals surface area contributed by atoms with E-state index < -0.39 is 17.6 Å². The highest BCUT2D eigenvalue weighted by atomic mass is 16.6. The van der Waals surface area contributed by atoms with Crippen LogP contribution >= 0.6 is 0 Å². The SMILES string of the molecule is CC(C)(C)OC(=O)[C@H](Cc1ccccc1)NC(=O)NC1CCC(CCN2C3CCC2c2ccccc23)CC1. The minimum absolute atomic E-state index is 0.148. The Labute approximate surface area is 227 Å². The number of nitrogens with one attached hydrogen (secondary N) is 2. The second kappa shape index (κ2) is 11.5. The van der Waals surface area contributed by atoms with E-state index in [2.05, 4.69) is 39.8 Å². The summed E-state index contributed by atoms with van der Waals surface area (Å²) in [5.74, 6) is 0.310. The van der Waals surface area contributed by atoms with E-state index in [-0.39, 0.29) is 12.1 Å². The maximum Gasteiger partial charge on any atom is 0.329 e. The summed E-state index contributed by atoms with van der Waals surface area (Å²) < 4.78 is 5.60. The lowest BCUT2D eigenvalue weighted by Crippen LogP contribution is -2.51. The van der Waals surface area contributed by atoms with Gasteiger partial charge in [0.1, 0.15) is 11.6 Å². The summed E-state index contributed by atoms with van der Waals surface area (Å²) in [5, 5.41) is 6.04. The van der Waals surface area contributed by atoms with E-state index in [0.29, 0.717) is 24.4 Å². The molecule has 2 aromatic carbocycles. The molecule has 2 amide bonds. The van der Waals surface area contributed by atoms with Gasteiger partial charge >= 0.3 is 12.0 Å². The summed E-state index contributed by atoms with van der Waals surface area (Å²) in [6.07, 6.45) is 8.48. The normalized spacial score (nSPS) is 25.4. The second-order valence-electron chi connectivity index (χ2n) is 12.4. The summed E-state index contributed by atoms with van der Waals surface area (Å²) in [7, 11) is 0. The molecule has 2 unspecified atom stereocenters. The van der Waals surface area contributed by atoms with Gasteiger partial charge in [-0.25, -0.2) is 9.59 Å². The Kier molecular flexibility index (Phi) is 8.08. The molecule has 0 spiro atoms. The minimum atomic E-state index is -0.729. The van der Waals surface area contributed by atoms with Gasteiger partial charge in [0.2, 0.25) is 0 Å². The molecule has 38 heavy (non-hydrogen) atoms. The molecule has 2 fully saturated rings. The average molecular weight is 518 g/mol. The number of carbonyl (C=O) groups excluding carboxylic acids is 2. The standard InChI is InChI=1S/C32H43N3O3/c1-32(2,3)38-30(36)27(21-23-9-5-4-6-10-23)34-31(37)33-24-15-13-22(14-16-24)19-20-35-28-17-18-29(35)26-12-8-7-11-25(26)28/h4-12,22,24,27-29H,13-21H2,1-3H3,(H2,33,34,37)/t22?,24?,27-,28?,29?/m0/s1. The van der Waals surface area contributed by atoms with Crippen LogP contribution in [0.5, 0.6) is 0 Å². The lowest BCUT2D eigenvalue weighted by atomic mass is 9.84. The molecule has 204 valence electrons. The van der Waals surface area contributed by atoms with Crippen molar-refractivity contribution in [1.29, 1.82) is 0 Å². The first-order valence-corrected chi connectivity index (χ1v) is 14.5. The summed E-state index contributed by atoms with van der Waals surface area (Å²) in [6.45, 7) is 6.70. The molecular formula is C32H43N3O3. The Morgan fingerprint density at radius 1 is 0.895 bits per heavy atom. The number of nitrogens with zero attached hydrogens (tertiary/aromatic N) is 1. The van der Waals surface area contributed by atoms with Crippen molar-refractivity contribution in [3.63, 3.8) is 0 Å². The van der Waals surface area contributed by atoms with Crippen LogP contribution in [0.15, 0.2) is 54.6 Å². The topological polar surface area (TPSA) is 70.7 Å². The van der Waals surface area contributed by atoms with Crippen molar-refractivity contribution in [3.05, 3.63) is 71.3 Å². The van der Waals surface area contributed by atoms with Gasteiger partial charge in [-0.2, -0.15) is 0 Å². The highest BCUT2D eigenvalue weighted by Crippen LogP contribution is 2.53. The van der Waals surface area contributed by atoms with Crippen LogP contribution in [-0.2, 0) is 16.0 Å². The van der Waals surface area contributed by atoms with Crippen LogP contribution in [0.3, 0.4) is 0 Å². The van der Waals surface area contributed by atoms with E-state index in [9.17, 15) is 9.59 Å². The van der Waals surface area contributed by atoms with Gasteiger partial charge in [0.05, 0.1) is 0 Å². The van der Waals surface area contributed by atoms with Crippen molar-refractivity contribution in [2.75, 3.05) is 6.54 Å². The van der Waals surface area contributed by atoms with Crippen molar-refractivity contribution >= 4 is 12.0 Å². The fraction of sp³-hybridized carbons (Fsp3) is 0.562. The number of hydrogen-bond acceptors (Lipinski definition) is 4. The quantitative estimate of drug-likeness (QED) is 0.417. The molecule has 3 aliphatic rings. The van der Waals surface area contributed by atoms with Gasteiger partial charge in [-0.1, -0.05) is 54.6 Å². The molecule has 2 aliphatic heterocycles. The highest BCUT2D eigenvalue weighted by Gasteiger charge is 2.43. The number of rotatable bonds is 8. The molecule has 2 N–H and O–H groups in total. The van der Waals surface area contributed by atoms with Crippen LogP contribution in [0.2, 0.25) is 0 Å². The number of amides is 2. The Balaban J connectivity index is 1.08. The zero-order valence-corrected chi connectivity index (χ0v) is 23.1. The molecule has 2 bridgehead atoms. The minimum Gasteiger partial charge on any atom is -0.458 e. The van der Waals surface area contributed by atoms with Crippen molar-refractivity contribution in [2.24, 2.45) is 5.92 Å². The predicted molar refractivity (Wildman–Crippen MR) is 150 cm³/mol. The summed E-state index contributed by atoms with van der Waals surface area (Å²) >= 11 is 0. The van der Waals surface area contributed by atoms with Gasteiger partial charge in [-0.15, -0.1) is 0 Å². The van der Waals surface area contributed by atoms with Gasteiger partial charge in [0.25, 0.3) is 0 Å². The summed E-state index contributed by atoms with van der Waals surface area (Å²) in [5.41, 5.74) is 3.48. The zero-order valence-electron chi connectivity index (χ0n) is 23.1. The maximum atomic E-state index is 12.9. The van der Waals surface area contributed by atoms with Gasteiger partial charge < -0.3 is 15.4 Å². The van der Waals surface area contributed by atoms with E-state index in [1.165, 1.54) is 25.8 Å². The predicted octanol–water partition coefficient (Wildman–Crippen LogP) is 6.08. The number of esters is 1. The molecule has 2 heterocycles. The van der Waals surface area contributed by atoms with Gasteiger partial charge in [-0.3, -0.25) is 4.90 Å². The largest absolute Gasteiger partial charge is 0.458 e. The number of fused-ring (bicyclic) bond motifs is 5. The number of benzene rings is 2.